The standard InChI is InChI=1S/C11H17NO3S3/c1-8(2)10(13)15-4-3-12-11(14)18-9-5-16-7-17-6-9/h9H,1,3-7H2,2H3,(H,12,14). The molecule has 1 N–H and O–H groups in total. The first-order chi connectivity index (χ1) is 8.59. The van der Waals surface area contributed by atoms with Crippen molar-refractivity contribution in [1.82, 2.24) is 5.32 Å². The van der Waals surface area contributed by atoms with Gasteiger partial charge in [0.2, 0.25) is 0 Å². The van der Waals surface area contributed by atoms with Gasteiger partial charge in [0, 0.05) is 27.4 Å². The number of esters is 1. The van der Waals surface area contributed by atoms with Gasteiger partial charge in [-0.2, -0.15) is 0 Å². The van der Waals surface area contributed by atoms with Crippen LogP contribution < -0.4 is 5.32 Å². The van der Waals surface area contributed by atoms with Crippen LogP contribution in [0.4, 0.5) is 4.79 Å². The Bertz CT molecular complexity index is 317. The average Bonchev–Trinajstić information content (AvgIpc) is 2.35. The molecule has 102 valence electrons. The van der Waals surface area contributed by atoms with Gasteiger partial charge in [0.15, 0.2) is 0 Å². The third-order valence-corrected chi connectivity index (χ3v) is 6.06. The van der Waals surface area contributed by atoms with Gasteiger partial charge in [0.1, 0.15) is 6.61 Å². The minimum absolute atomic E-state index is 0.0468. The maximum absolute atomic E-state index is 11.6. The zero-order valence-electron chi connectivity index (χ0n) is 10.3. The van der Waals surface area contributed by atoms with Gasteiger partial charge in [-0.1, -0.05) is 18.3 Å². The van der Waals surface area contributed by atoms with E-state index in [1.54, 1.807) is 6.92 Å². The number of hydrogen-bond acceptors (Lipinski definition) is 6. The molecule has 0 radical (unpaired) electrons. The van der Waals surface area contributed by atoms with Crippen LogP contribution >= 0.6 is 35.3 Å². The Morgan fingerprint density at radius 1 is 1.44 bits per heavy atom. The van der Waals surface area contributed by atoms with Gasteiger partial charge in [-0.15, -0.1) is 23.5 Å². The van der Waals surface area contributed by atoms with Crippen molar-refractivity contribution in [3.05, 3.63) is 12.2 Å². The van der Waals surface area contributed by atoms with Crippen LogP contribution in [0.25, 0.3) is 0 Å². The number of ether oxygens (including phenoxy) is 1. The van der Waals surface area contributed by atoms with Crippen molar-refractivity contribution in [3.8, 4) is 0 Å². The zero-order valence-corrected chi connectivity index (χ0v) is 12.7. The van der Waals surface area contributed by atoms with Crippen LogP contribution in [0.1, 0.15) is 6.92 Å². The molecule has 0 saturated carbocycles. The maximum atomic E-state index is 11.6. The molecule has 1 saturated heterocycles. The summed E-state index contributed by atoms with van der Waals surface area (Å²) in [6.07, 6.45) is 0. The minimum Gasteiger partial charge on any atom is -0.460 e. The van der Waals surface area contributed by atoms with Crippen molar-refractivity contribution in [2.45, 2.75) is 12.2 Å². The quantitative estimate of drug-likeness (QED) is 0.478. The molecule has 0 aromatic heterocycles. The summed E-state index contributed by atoms with van der Waals surface area (Å²) in [6, 6.07) is 0. The summed E-state index contributed by atoms with van der Waals surface area (Å²) in [4.78, 5) is 22.6. The normalized spacial score (nSPS) is 16.1. The van der Waals surface area contributed by atoms with Gasteiger partial charge < -0.3 is 10.1 Å². The van der Waals surface area contributed by atoms with Crippen LogP contribution in [0.2, 0.25) is 0 Å². The van der Waals surface area contributed by atoms with E-state index < -0.39 is 5.97 Å². The number of nitrogens with one attached hydrogen (secondary N) is 1. The van der Waals surface area contributed by atoms with E-state index >= 15 is 0 Å². The highest BCUT2D eigenvalue weighted by Crippen LogP contribution is 2.29. The first-order valence-corrected chi connectivity index (χ1v) is 8.71. The predicted molar refractivity (Wildman–Crippen MR) is 80.3 cm³/mol. The number of carbonyl (C=O) groups is 2. The Balaban J connectivity index is 2.06. The molecule has 1 rings (SSSR count). The van der Waals surface area contributed by atoms with Crippen LogP contribution in [-0.2, 0) is 9.53 Å². The molecule has 1 aliphatic heterocycles. The van der Waals surface area contributed by atoms with Crippen molar-refractivity contribution in [2.24, 2.45) is 0 Å². The lowest BCUT2D eigenvalue weighted by atomic mass is 10.4. The molecular formula is C11H17NO3S3. The van der Waals surface area contributed by atoms with Crippen molar-refractivity contribution in [2.75, 3.05) is 29.7 Å². The van der Waals surface area contributed by atoms with Gasteiger partial charge in [0.25, 0.3) is 5.24 Å². The molecule has 1 heterocycles. The van der Waals surface area contributed by atoms with Crippen LogP contribution in [0.3, 0.4) is 0 Å². The average molecular weight is 307 g/mol. The fraction of sp³-hybridized carbons (Fsp3) is 0.636. The number of thioether (sulfide) groups is 3. The lowest BCUT2D eigenvalue weighted by Gasteiger charge is -2.19. The monoisotopic (exact) mass is 307 g/mol. The molecule has 18 heavy (non-hydrogen) atoms. The van der Waals surface area contributed by atoms with E-state index in [-0.39, 0.29) is 11.8 Å². The Morgan fingerprint density at radius 2 is 2.11 bits per heavy atom. The molecule has 7 heteroatoms. The largest absolute Gasteiger partial charge is 0.460 e. The van der Waals surface area contributed by atoms with Gasteiger partial charge in [-0.05, 0) is 6.92 Å². The smallest absolute Gasteiger partial charge is 0.333 e. The van der Waals surface area contributed by atoms with Crippen molar-refractivity contribution >= 4 is 46.5 Å². The summed E-state index contributed by atoms with van der Waals surface area (Å²) in [6.45, 7) is 5.60. The third kappa shape index (κ3) is 6.61. The molecule has 0 atom stereocenters. The van der Waals surface area contributed by atoms with Gasteiger partial charge >= 0.3 is 5.97 Å². The molecule has 0 aliphatic carbocycles. The molecule has 0 spiro atoms. The van der Waals surface area contributed by atoms with E-state index in [0.29, 0.717) is 17.4 Å². The summed E-state index contributed by atoms with van der Waals surface area (Å²) in [7, 11) is 0. The SMILES string of the molecule is C=C(C)C(=O)OCCNC(=O)SC1CSCSC1. The van der Waals surface area contributed by atoms with E-state index in [2.05, 4.69) is 11.9 Å². The Morgan fingerprint density at radius 3 is 2.72 bits per heavy atom. The van der Waals surface area contributed by atoms with Crippen LogP contribution in [-0.4, -0.2) is 46.2 Å². The minimum atomic E-state index is -0.419. The van der Waals surface area contributed by atoms with Crippen molar-refractivity contribution in [3.63, 3.8) is 0 Å². The topological polar surface area (TPSA) is 55.4 Å². The van der Waals surface area contributed by atoms with Gasteiger partial charge in [-0.3, -0.25) is 4.79 Å². The highest BCUT2D eigenvalue weighted by atomic mass is 32.2. The van der Waals surface area contributed by atoms with E-state index in [0.717, 1.165) is 16.6 Å². The van der Waals surface area contributed by atoms with E-state index in [4.69, 9.17) is 4.74 Å². The van der Waals surface area contributed by atoms with Crippen LogP contribution in [0, 0.1) is 0 Å². The third-order valence-electron chi connectivity index (χ3n) is 2.00. The van der Waals surface area contributed by atoms with E-state index in [1.165, 1.54) is 11.8 Å². The number of rotatable bonds is 5. The molecule has 1 aliphatic rings. The van der Waals surface area contributed by atoms with Gasteiger partial charge in [0.05, 0.1) is 6.54 Å². The van der Waals surface area contributed by atoms with E-state index in [9.17, 15) is 9.59 Å². The molecule has 1 fully saturated rings. The summed E-state index contributed by atoms with van der Waals surface area (Å²) in [5.74, 6) is 1.63. The number of hydrogen-bond donors (Lipinski definition) is 1. The van der Waals surface area contributed by atoms with E-state index in [1.807, 2.05) is 23.5 Å². The second kappa shape index (κ2) is 8.77. The first-order valence-electron chi connectivity index (χ1n) is 5.52. The zero-order chi connectivity index (χ0) is 13.4. The molecule has 4 nitrogen and oxygen atoms in total. The lowest BCUT2D eigenvalue weighted by Crippen LogP contribution is -2.28. The second-order valence-electron chi connectivity index (χ2n) is 3.73. The van der Waals surface area contributed by atoms with Gasteiger partial charge in [-0.25, -0.2) is 4.79 Å². The van der Waals surface area contributed by atoms with Crippen molar-refractivity contribution in [1.29, 1.82) is 0 Å². The maximum Gasteiger partial charge on any atom is 0.333 e. The van der Waals surface area contributed by atoms with Crippen molar-refractivity contribution < 1.29 is 14.3 Å². The molecule has 0 unspecified atom stereocenters. The fourth-order valence-electron chi connectivity index (χ4n) is 1.15. The Hall–Kier alpha value is -0.270. The highest BCUT2D eigenvalue weighted by molar-refractivity contribution is 8.20. The summed E-state index contributed by atoms with van der Waals surface area (Å²) < 4.78 is 4.87. The second-order valence-corrected chi connectivity index (χ2v) is 7.43. The van der Waals surface area contributed by atoms with Crippen LogP contribution in [0.5, 0.6) is 0 Å². The molecule has 0 bridgehead atoms. The lowest BCUT2D eigenvalue weighted by molar-refractivity contribution is -0.138. The van der Waals surface area contributed by atoms with Crippen LogP contribution in [0.15, 0.2) is 12.2 Å². The fourth-order valence-corrected chi connectivity index (χ4v) is 4.91. The molecule has 0 aromatic carbocycles. The predicted octanol–water partition coefficient (Wildman–Crippen LogP) is 2.35. The number of carbonyl (C=O) groups excluding carboxylic acids is 2. The highest BCUT2D eigenvalue weighted by Gasteiger charge is 2.18. The molecule has 0 aromatic rings. The summed E-state index contributed by atoms with van der Waals surface area (Å²) >= 11 is 5.06. The molecule has 1 amide bonds. The molecular weight excluding hydrogens is 290 g/mol. The first kappa shape index (κ1) is 15.8. The Kier molecular flexibility index (Phi) is 7.69. The summed E-state index contributed by atoms with van der Waals surface area (Å²) in [5, 5.41) is 4.18. The summed E-state index contributed by atoms with van der Waals surface area (Å²) in [5.41, 5.74) is 0.368. The Labute approximate surface area is 120 Å². The number of amides is 1.